The predicted molar refractivity (Wildman–Crippen MR) is 78.7 cm³/mol. The summed E-state index contributed by atoms with van der Waals surface area (Å²) in [6.07, 6.45) is 10.7. The molecule has 4 atom stereocenters. The average molecular weight is 255 g/mol. The van der Waals surface area contributed by atoms with Crippen molar-refractivity contribution in [2.75, 3.05) is 6.26 Å². The molecule has 0 saturated heterocycles. The van der Waals surface area contributed by atoms with Crippen molar-refractivity contribution >= 4 is 11.8 Å². The Morgan fingerprint density at radius 2 is 1.82 bits per heavy atom. The molecule has 0 aromatic rings. The Morgan fingerprint density at radius 1 is 1.06 bits per heavy atom. The molecule has 2 heteroatoms. The van der Waals surface area contributed by atoms with E-state index in [0.29, 0.717) is 5.41 Å². The summed E-state index contributed by atoms with van der Waals surface area (Å²) >= 11 is 2.06. The minimum atomic E-state index is 0.548. The molecule has 0 radical (unpaired) electrons. The number of nitrogens with one attached hydrogen (secondary N) is 1. The van der Waals surface area contributed by atoms with E-state index in [1.165, 1.54) is 38.5 Å². The maximum Gasteiger partial charge on any atom is 0.00805 e. The third kappa shape index (κ3) is 3.89. The maximum absolute atomic E-state index is 3.95. The van der Waals surface area contributed by atoms with Crippen molar-refractivity contribution in [2.24, 2.45) is 11.3 Å². The van der Waals surface area contributed by atoms with Crippen LogP contribution >= 0.6 is 11.8 Å². The fourth-order valence-corrected chi connectivity index (χ4v) is 4.91. The largest absolute Gasteiger partial charge is 0.311 e. The smallest absolute Gasteiger partial charge is 0.00805 e. The van der Waals surface area contributed by atoms with Gasteiger partial charge in [0.1, 0.15) is 0 Å². The molecule has 0 amide bonds. The summed E-state index contributed by atoms with van der Waals surface area (Å²) in [6, 6.07) is 1.58. The van der Waals surface area contributed by atoms with Gasteiger partial charge in [-0.2, -0.15) is 11.8 Å². The highest BCUT2D eigenvalue weighted by atomic mass is 32.2. The van der Waals surface area contributed by atoms with Crippen LogP contribution in [0.25, 0.3) is 0 Å². The van der Waals surface area contributed by atoms with E-state index in [9.17, 15) is 0 Å². The lowest BCUT2D eigenvalue weighted by Crippen LogP contribution is -2.44. The Morgan fingerprint density at radius 3 is 2.41 bits per heavy atom. The number of rotatable bonds is 3. The summed E-state index contributed by atoms with van der Waals surface area (Å²) in [5.41, 5.74) is 0.548. The fourth-order valence-electron chi connectivity index (χ4n) is 4.11. The molecule has 2 fully saturated rings. The number of hydrogen-bond acceptors (Lipinski definition) is 2. The summed E-state index contributed by atoms with van der Waals surface area (Å²) < 4.78 is 0. The molecular formula is C15H29NS. The minimum Gasteiger partial charge on any atom is -0.311 e. The van der Waals surface area contributed by atoms with Gasteiger partial charge in [-0.1, -0.05) is 20.8 Å². The average Bonchev–Trinajstić information content (AvgIpc) is 2.62. The Balaban J connectivity index is 1.83. The van der Waals surface area contributed by atoms with Gasteiger partial charge in [-0.3, -0.25) is 0 Å². The maximum atomic E-state index is 3.95. The topological polar surface area (TPSA) is 12.0 Å². The lowest BCUT2D eigenvalue weighted by molar-refractivity contribution is 0.144. The third-order valence-electron chi connectivity index (χ3n) is 4.58. The molecule has 0 aromatic heterocycles. The van der Waals surface area contributed by atoms with Crippen molar-refractivity contribution in [2.45, 2.75) is 76.6 Å². The van der Waals surface area contributed by atoms with Crippen LogP contribution in [0.5, 0.6) is 0 Å². The van der Waals surface area contributed by atoms with Crippen LogP contribution in [0.15, 0.2) is 0 Å². The van der Waals surface area contributed by atoms with E-state index in [1.54, 1.807) is 0 Å². The van der Waals surface area contributed by atoms with Crippen LogP contribution in [0.1, 0.15) is 59.3 Å². The van der Waals surface area contributed by atoms with E-state index in [4.69, 9.17) is 0 Å². The van der Waals surface area contributed by atoms with Crippen molar-refractivity contribution in [3.8, 4) is 0 Å². The monoisotopic (exact) mass is 255 g/mol. The Kier molecular flexibility index (Phi) is 4.46. The molecule has 0 bridgehead atoms. The standard InChI is InChI=1S/C15H29NS/c1-11-7-13(10-15(2,3)9-11)16-12-5-6-14(8-12)17-4/h11-14,16H,5-10H2,1-4H3. The first-order valence-electron chi connectivity index (χ1n) is 7.27. The van der Waals surface area contributed by atoms with Crippen LogP contribution in [0.4, 0.5) is 0 Å². The van der Waals surface area contributed by atoms with E-state index in [0.717, 1.165) is 23.3 Å². The van der Waals surface area contributed by atoms with E-state index >= 15 is 0 Å². The summed E-state index contributed by atoms with van der Waals surface area (Å²) in [5, 5.41) is 4.87. The van der Waals surface area contributed by atoms with Gasteiger partial charge < -0.3 is 5.32 Å². The predicted octanol–water partition coefficient (Wildman–Crippen LogP) is 4.07. The quantitative estimate of drug-likeness (QED) is 0.815. The molecule has 0 heterocycles. The molecule has 4 unspecified atom stereocenters. The second-order valence-corrected chi connectivity index (χ2v) is 8.28. The van der Waals surface area contributed by atoms with Gasteiger partial charge in [0.25, 0.3) is 0 Å². The highest BCUT2D eigenvalue weighted by molar-refractivity contribution is 7.99. The molecular weight excluding hydrogens is 226 g/mol. The van der Waals surface area contributed by atoms with Crippen molar-refractivity contribution in [3.05, 3.63) is 0 Å². The Bertz CT molecular complexity index is 251. The zero-order valence-electron chi connectivity index (χ0n) is 12.0. The van der Waals surface area contributed by atoms with Crippen LogP contribution < -0.4 is 5.32 Å². The van der Waals surface area contributed by atoms with Crippen molar-refractivity contribution in [1.29, 1.82) is 0 Å². The zero-order valence-corrected chi connectivity index (χ0v) is 12.8. The summed E-state index contributed by atoms with van der Waals surface area (Å²) in [5.74, 6) is 0.897. The highest BCUT2D eigenvalue weighted by Crippen LogP contribution is 2.39. The number of hydrogen-bond donors (Lipinski definition) is 1. The molecule has 2 aliphatic rings. The lowest BCUT2D eigenvalue weighted by Gasteiger charge is -2.40. The lowest BCUT2D eigenvalue weighted by atomic mass is 9.70. The van der Waals surface area contributed by atoms with Gasteiger partial charge in [0, 0.05) is 17.3 Å². The van der Waals surface area contributed by atoms with Crippen LogP contribution in [-0.4, -0.2) is 23.6 Å². The molecule has 2 aliphatic carbocycles. The van der Waals surface area contributed by atoms with E-state index < -0.39 is 0 Å². The summed E-state index contributed by atoms with van der Waals surface area (Å²) in [7, 11) is 0. The molecule has 0 aromatic carbocycles. The molecule has 17 heavy (non-hydrogen) atoms. The molecule has 1 nitrogen and oxygen atoms in total. The van der Waals surface area contributed by atoms with Crippen molar-refractivity contribution in [3.63, 3.8) is 0 Å². The SMILES string of the molecule is CSC1CCC(NC2CC(C)CC(C)(C)C2)C1. The zero-order chi connectivity index (χ0) is 12.5. The second kappa shape index (κ2) is 5.52. The van der Waals surface area contributed by atoms with Crippen LogP contribution in [-0.2, 0) is 0 Å². The van der Waals surface area contributed by atoms with Crippen LogP contribution in [0.2, 0.25) is 0 Å². The Labute approximate surface area is 112 Å². The second-order valence-electron chi connectivity index (χ2n) is 7.14. The molecule has 0 spiro atoms. The van der Waals surface area contributed by atoms with E-state index in [-0.39, 0.29) is 0 Å². The fraction of sp³-hybridized carbons (Fsp3) is 1.00. The van der Waals surface area contributed by atoms with Gasteiger partial charge in [0.05, 0.1) is 0 Å². The van der Waals surface area contributed by atoms with Gasteiger partial charge in [0.15, 0.2) is 0 Å². The summed E-state index contributed by atoms with van der Waals surface area (Å²) in [6.45, 7) is 7.31. The number of thioether (sulfide) groups is 1. The van der Waals surface area contributed by atoms with Gasteiger partial charge >= 0.3 is 0 Å². The Hall–Kier alpha value is 0.310. The van der Waals surface area contributed by atoms with Gasteiger partial charge in [0.2, 0.25) is 0 Å². The minimum absolute atomic E-state index is 0.548. The first-order valence-corrected chi connectivity index (χ1v) is 8.56. The highest BCUT2D eigenvalue weighted by Gasteiger charge is 2.34. The molecule has 1 N–H and O–H groups in total. The molecule has 0 aliphatic heterocycles. The molecule has 2 rings (SSSR count). The van der Waals surface area contributed by atoms with Gasteiger partial charge in [-0.15, -0.1) is 0 Å². The normalized spacial score (nSPS) is 41.6. The first-order chi connectivity index (χ1) is 7.98. The third-order valence-corrected chi connectivity index (χ3v) is 5.67. The van der Waals surface area contributed by atoms with E-state index in [2.05, 4.69) is 44.1 Å². The van der Waals surface area contributed by atoms with Crippen LogP contribution in [0, 0.1) is 11.3 Å². The molecule has 100 valence electrons. The first kappa shape index (κ1) is 13.7. The van der Waals surface area contributed by atoms with Crippen molar-refractivity contribution in [1.82, 2.24) is 5.32 Å². The molecule has 2 saturated carbocycles. The van der Waals surface area contributed by atoms with Gasteiger partial charge in [-0.25, -0.2) is 0 Å². The summed E-state index contributed by atoms with van der Waals surface area (Å²) in [4.78, 5) is 0. The van der Waals surface area contributed by atoms with E-state index in [1.807, 2.05) is 0 Å². The van der Waals surface area contributed by atoms with Crippen LogP contribution in [0.3, 0.4) is 0 Å². The van der Waals surface area contributed by atoms with Gasteiger partial charge in [-0.05, 0) is 56.1 Å². The van der Waals surface area contributed by atoms with Crippen molar-refractivity contribution < 1.29 is 0 Å².